The number of rotatable bonds is 2. The molecule has 1 N–H and O–H groups in total. The molecule has 1 aromatic rings. The third kappa shape index (κ3) is 3.78. The van der Waals surface area contributed by atoms with Crippen molar-refractivity contribution < 1.29 is 13.2 Å². The summed E-state index contributed by atoms with van der Waals surface area (Å²) in [6.45, 7) is 2.17. The molecule has 1 nitrogen and oxygen atoms in total. The molecule has 0 aromatic heterocycles. The smallest absolute Gasteiger partial charge is 0.381 e. The molecule has 2 unspecified atom stereocenters. The minimum atomic E-state index is -4.33. The van der Waals surface area contributed by atoms with Gasteiger partial charge in [0.15, 0.2) is 0 Å². The molecule has 106 valence electrons. The average Bonchev–Trinajstić information content (AvgIpc) is 2.30. The van der Waals surface area contributed by atoms with E-state index in [0.717, 1.165) is 31.4 Å². The van der Waals surface area contributed by atoms with Crippen molar-refractivity contribution in [3.05, 3.63) is 28.8 Å². The van der Waals surface area contributed by atoms with Crippen molar-refractivity contribution in [1.29, 1.82) is 0 Å². The summed E-state index contributed by atoms with van der Waals surface area (Å²) in [5, 5.41) is 3.50. The van der Waals surface area contributed by atoms with Crippen LogP contribution in [-0.4, -0.2) is 6.04 Å². The van der Waals surface area contributed by atoms with Crippen LogP contribution in [0.25, 0.3) is 0 Å². The second-order valence-electron chi connectivity index (χ2n) is 5.31. The first-order valence-electron chi connectivity index (χ1n) is 6.49. The molecule has 0 amide bonds. The highest BCUT2D eigenvalue weighted by molar-refractivity contribution is 6.33. The summed E-state index contributed by atoms with van der Waals surface area (Å²) in [6.07, 6.45) is -0.0751. The van der Waals surface area contributed by atoms with Crippen LogP contribution in [-0.2, 0) is 6.18 Å². The molecule has 0 aliphatic heterocycles. The Morgan fingerprint density at radius 1 is 1.26 bits per heavy atom. The van der Waals surface area contributed by atoms with Gasteiger partial charge >= 0.3 is 6.18 Å². The molecule has 2 atom stereocenters. The molecule has 0 spiro atoms. The van der Waals surface area contributed by atoms with Gasteiger partial charge in [-0.25, -0.2) is 0 Å². The third-order valence-corrected chi connectivity index (χ3v) is 3.92. The SMILES string of the molecule is CC1CCCC(Nc2cc(C(F)(F)F)ccc2Cl)C1. The van der Waals surface area contributed by atoms with Gasteiger partial charge in [-0.3, -0.25) is 0 Å². The van der Waals surface area contributed by atoms with Gasteiger partial charge in [0.2, 0.25) is 0 Å². The van der Waals surface area contributed by atoms with Crippen LogP contribution < -0.4 is 5.32 Å². The Morgan fingerprint density at radius 2 is 2.00 bits per heavy atom. The van der Waals surface area contributed by atoms with Crippen molar-refractivity contribution in [3.8, 4) is 0 Å². The Labute approximate surface area is 116 Å². The molecule has 1 fully saturated rings. The lowest BCUT2D eigenvalue weighted by atomic mass is 9.87. The third-order valence-electron chi connectivity index (χ3n) is 3.59. The van der Waals surface area contributed by atoms with E-state index < -0.39 is 11.7 Å². The van der Waals surface area contributed by atoms with Gasteiger partial charge in [0.25, 0.3) is 0 Å². The van der Waals surface area contributed by atoms with E-state index in [1.807, 2.05) is 0 Å². The number of alkyl halides is 3. The molecule has 0 radical (unpaired) electrons. The Bertz CT molecular complexity index is 445. The van der Waals surface area contributed by atoms with E-state index in [1.165, 1.54) is 12.5 Å². The van der Waals surface area contributed by atoms with Crippen LogP contribution in [0.4, 0.5) is 18.9 Å². The molecule has 0 saturated heterocycles. The van der Waals surface area contributed by atoms with E-state index in [-0.39, 0.29) is 6.04 Å². The number of hydrogen-bond acceptors (Lipinski definition) is 1. The summed E-state index contributed by atoms with van der Waals surface area (Å²) < 4.78 is 38.0. The molecule has 1 saturated carbocycles. The van der Waals surface area contributed by atoms with Gasteiger partial charge in [0.05, 0.1) is 16.3 Å². The number of halogens is 4. The van der Waals surface area contributed by atoms with Gasteiger partial charge in [-0.2, -0.15) is 13.2 Å². The molecule has 19 heavy (non-hydrogen) atoms. The molecule has 1 aliphatic rings. The highest BCUT2D eigenvalue weighted by Gasteiger charge is 2.31. The first kappa shape index (κ1) is 14.5. The lowest BCUT2D eigenvalue weighted by molar-refractivity contribution is -0.137. The first-order valence-corrected chi connectivity index (χ1v) is 6.87. The van der Waals surface area contributed by atoms with Crippen LogP contribution in [0.5, 0.6) is 0 Å². The van der Waals surface area contributed by atoms with E-state index in [9.17, 15) is 13.2 Å². The minimum absolute atomic E-state index is 0.213. The van der Waals surface area contributed by atoms with Crippen LogP contribution in [0.2, 0.25) is 5.02 Å². The fraction of sp³-hybridized carbons (Fsp3) is 0.571. The van der Waals surface area contributed by atoms with Crippen LogP contribution >= 0.6 is 11.6 Å². The van der Waals surface area contributed by atoms with Gasteiger partial charge in [-0.15, -0.1) is 0 Å². The zero-order valence-corrected chi connectivity index (χ0v) is 11.5. The van der Waals surface area contributed by atoms with Crippen molar-refractivity contribution in [3.63, 3.8) is 0 Å². The Balaban J connectivity index is 2.15. The van der Waals surface area contributed by atoms with E-state index in [1.54, 1.807) is 0 Å². The maximum atomic E-state index is 12.7. The van der Waals surface area contributed by atoms with Gasteiger partial charge in [0, 0.05) is 6.04 Å². The zero-order valence-electron chi connectivity index (χ0n) is 10.7. The predicted octanol–water partition coefficient (Wildman–Crippen LogP) is 5.35. The highest BCUT2D eigenvalue weighted by Crippen LogP contribution is 2.35. The fourth-order valence-electron chi connectivity index (χ4n) is 2.60. The Hall–Kier alpha value is -0.900. The summed E-state index contributed by atoms with van der Waals surface area (Å²) in [7, 11) is 0. The molecule has 5 heteroatoms. The summed E-state index contributed by atoms with van der Waals surface area (Å²) in [5.74, 6) is 0.607. The van der Waals surface area contributed by atoms with Crippen LogP contribution in [0.1, 0.15) is 38.2 Å². The lowest BCUT2D eigenvalue weighted by Gasteiger charge is -2.28. The van der Waals surface area contributed by atoms with Crippen molar-refractivity contribution in [2.75, 3.05) is 5.32 Å². The Kier molecular flexibility index (Phi) is 4.29. The van der Waals surface area contributed by atoms with Crippen LogP contribution in [0.15, 0.2) is 18.2 Å². The number of benzene rings is 1. The first-order chi connectivity index (χ1) is 8.86. The van der Waals surface area contributed by atoms with Crippen molar-refractivity contribution in [1.82, 2.24) is 0 Å². The molecular formula is C14H17ClF3N. The lowest BCUT2D eigenvalue weighted by Crippen LogP contribution is -2.26. The van der Waals surface area contributed by atoms with E-state index in [4.69, 9.17) is 11.6 Å². The standard InChI is InChI=1S/C14H17ClF3N/c1-9-3-2-4-11(7-9)19-13-8-10(14(16,17)18)5-6-12(13)15/h5-6,8-9,11,19H,2-4,7H2,1H3. The topological polar surface area (TPSA) is 12.0 Å². The van der Waals surface area contributed by atoms with Gasteiger partial charge in [0.1, 0.15) is 0 Å². The average molecular weight is 292 g/mol. The molecule has 1 aliphatic carbocycles. The number of hydrogen-bond donors (Lipinski definition) is 1. The fourth-order valence-corrected chi connectivity index (χ4v) is 2.77. The van der Waals surface area contributed by atoms with E-state index >= 15 is 0 Å². The number of nitrogens with one attached hydrogen (secondary N) is 1. The van der Waals surface area contributed by atoms with Crippen molar-refractivity contribution in [2.45, 2.75) is 44.8 Å². The maximum absolute atomic E-state index is 12.7. The molecule has 0 heterocycles. The zero-order chi connectivity index (χ0) is 14.0. The molecular weight excluding hydrogens is 275 g/mol. The second kappa shape index (κ2) is 5.61. The summed E-state index contributed by atoms with van der Waals surface area (Å²) in [6, 6.07) is 3.63. The quantitative estimate of drug-likeness (QED) is 0.774. The summed E-state index contributed by atoms with van der Waals surface area (Å²) in [4.78, 5) is 0. The summed E-state index contributed by atoms with van der Waals surface area (Å²) >= 11 is 5.97. The number of anilines is 1. The summed E-state index contributed by atoms with van der Waals surface area (Å²) in [5.41, 5.74) is -0.279. The van der Waals surface area contributed by atoms with Gasteiger partial charge < -0.3 is 5.32 Å². The van der Waals surface area contributed by atoms with Gasteiger partial charge in [-0.1, -0.05) is 31.4 Å². The highest BCUT2D eigenvalue weighted by atomic mass is 35.5. The van der Waals surface area contributed by atoms with Crippen LogP contribution in [0.3, 0.4) is 0 Å². The van der Waals surface area contributed by atoms with Gasteiger partial charge in [-0.05, 0) is 37.0 Å². The second-order valence-corrected chi connectivity index (χ2v) is 5.71. The van der Waals surface area contributed by atoms with Crippen LogP contribution in [0, 0.1) is 5.92 Å². The Morgan fingerprint density at radius 3 is 2.63 bits per heavy atom. The van der Waals surface area contributed by atoms with E-state index in [2.05, 4.69) is 12.2 Å². The molecule has 0 bridgehead atoms. The van der Waals surface area contributed by atoms with Crippen molar-refractivity contribution in [2.24, 2.45) is 5.92 Å². The predicted molar refractivity (Wildman–Crippen MR) is 71.5 cm³/mol. The molecule has 2 rings (SSSR count). The normalized spacial score (nSPS) is 24.3. The largest absolute Gasteiger partial charge is 0.416 e. The maximum Gasteiger partial charge on any atom is 0.416 e. The minimum Gasteiger partial charge on any atom is -0.381 e. The van der Waals surface area contributed by atoms with E-state index in [0.29, 0.717) is 16.6 Å². The monoisotopic (exact) mass is 291 g/mol. The molecule has 1 aromatic carbocycles. The van der Waals surface area contributed by atoms with Crippen molar-refractivity contribution >= 4 is 17.3 Å².